The lowest BCUT2D eigenvalue weighted by Gasteiger charge is -2.19. The van der Waals surface area contributed by atoms with Crippen molar-refractivity contribution in [1.29, 1.82) is 0 Å². The van der Waals surface area contributed by atoms with Crippen molar-refractivity contribution in [2.45, 2.75) is 209 Å². The molecule has 21 aromatic rings. The molecule has 0 amide bonds. The predicted molar refractivity (Wildman–Crippen MR) is 533 cm³/mol. The Bertz CT molecular complexity index is 6990. The van der Waals surface area contributed by atoms with Crippen molar-refractivity contribution in [3.8, 4) is 34.1 Å². The standard InChI is InChI=1S/C116H114N8/c1-109(2,3)69-27-39-95-83(53-69)84-54-70(110(4,5)6)28-40-96(84)119(95)77-35-47-103-91(61-77)92-62-78(120-97-41-29-71(111(7,8)9)55-85(97)86-56-72(112(10,11)12)30-42-98(86)120)36-48-104(92)123(103)81-51-67-25-26-68-52-82(66-118-108(68)107(67)117-65-81)124-105-49-37-79(121-99-43-31-73(113(13,14)15)57-87(99)88-58-74(114(16,17)18)32-44-100(88)121)63-93(105)94-64-80(38-50-106(94)124)122-101-45-33-75(115(19,20)21)59-89(101)90-60-76(116(22,23)24)34-46-102(90)122/h25-66H,1-24H3. The van der Waals surface area contributed by atoms with E-state index in [0.29, 0.717) is 0 Å². The molecule has 0 aliphatic rings. The minimum Gasteiger partial charge on any atom is -0.309 e. The maximum Gasteiger partial charge on any atom is 0.0966 e. The Kier molecular flexibility index (Phi) is 16.8. The van der Waals surface area contributed by atoms with Crippen molar-refractivity contribution >= 4 is 153 Å². The lowest BCUT2D eigenvalue weighted by atomic mass is 9.85. The van der Waals surface area contributed by atoms with Gasteiger partial charge in [-0.15, -0.1) is 0 Å². The molecule has 0 spiro atoms. The van der Waals surface area contributed by atoms with Crippen LogP contribution in [0.2, 0.25) is 0 Å². The van der Waals surface area contributed by atoms with E-state index in [1.54, 1.807) is 0 Å². The summed E-state index contributed by atoms with van der Waals surface area (Å²) in [6.45, 7) is 55.7. The summed E-state index contributed by atoms with van der Waals surface area (Å²) in [5.41, 5.74) is 32.4. The third-order valence-corrected chi connectivity index (χ3v) is 27.5. The summed E-state index contributed by atoms with van der Waals surface area (Å²) < 4.78 is 14.9. The van der Waals surface area contributed by atoms with Gasteiger partial charge in [-0.25, -0.2) is 0 Å². The Hall–Kier alpha value is -12.5. The maximum atomic E-state index is 5.54. The van der Waals surface area contributed by atoms with Crippen molar-refractivity contribution in [2.75, 3.05) is 0 Å². The summed E-state index contributed by atoms with van der Waals surface area (Å²) >= 11 is 0. The molecule has 0 aliphatic heterocycles. The number of benzene rings is 13. The zero-order chi connectivity index (χ0) is 86.8. The third kappa shape index (κ3) is 12.4. The summed E-state index contributed by atoms with van der Waals surface area (Å²) in [5.74, 6) is 0. The number of hydrogen-bond donors (Lipinski definition) is 0. The third-order valence-electron chi connectivity index (χ3n) is 27.5. The van der Waals surface area contributed by atoms with Crippen molar-refractivity contribution in [3.05, 3.63) is 300 Å². The lowest BCUT2D eigenvalue weighted by Crippen LogP contribution is -2.10. The van der Waals surface area contributed by atoms with E-state index in [0.717, 1.165) is 99.5 Å². The van der Waals surface area contributed by atoms with Crippen LogP contribution in [0.3, 0.4) is 0 Å². The van der Waals surface area contributed by atoms with Crippen LogP contribution in [0.4, 0.5) is 0 Å². The number of fused-ring (bicyclic) bond motifs is 21. The first-order valence-electron chi connectivity index (χ1n) is 44.7. The fourth-order valence-corrected chi connectivity index (χ4v) is 20.1. The van der Waals surface area contributed by atoms with Gasteiger partial charge in [-0.1, -0.05) is 227 Å². The van der Waals surface area contributed by atoms with Crippen LogP contribution in [-0.4, -0.2) is 37.4 Å². The van der Waals surface area contributed by atoms with Crippen LogP contribution in [0.5, 0.6) is 0 Å². The molecule has 8 nitrogen and oxygen atoms in total. The smallest absolute Gasteiger partial charge is 0.0966 e. The largest absolute Gasteiger partial charge is 0.309 e. The molecule has 8 aromatic heterocycles. The molecule has 0 aliphatic carbocycles. The molecule has 0 saturated heterocycles. The average Bonchev–Trinajstić information content (AvgIpc) is 1.56. The van der Waals surface area contributed by atoms with Gasteiger partial charge in [-0.2, -0.15) is 0 Å². The molecule has 0 atom stereocenters. The highest BCUT2D eigenvalue weighted by Crippen LogP contribution is 2.48. The van der Waals surface area contributed by atoms with E-state index >= 15 is 0 Å². The maximum absolute atomic E-state index is 5.54. The van der Waals surface area contributed by atoms with E-state index in [-0.39, 0.29) is 43.3 Å². The summed E-state index contributed by atoms with van der Waals surface area (Å²) in [5, 5.41) is 16.8. The Morgan fingerprint density at radius 1 is 0.153 bits per heavy atom. The summed E-state index contributed by atoms with van der Waals surface area (Å²) in [6, 6.07) is 94.9. The van der Waals surface area contributed by atoms with Crippen LogP contribution in [0, 0.1) is 0 Å². The topological polar surface area (TPSA) is 55.4 Å². The molecule has 124 heavy (non-hydrogen) atoms. The van der Waals surface area contributed by atoms with Gasteiger partial charge < -0.3 is 27.4 Å². The highest BCUT2D eigenvalue weighted by molar-refractivity contribution is 6.18. The first-order valence-corrected chi connectivity index (χ1v) is 44.7. The molecule has 0 N–H and O–H groups in total. The monoisotopic (exact) mass is 1620 g/mol. The lowest BCUT2D eigenvalue weighted by molar-refractivity contribution is 0.590. The Balaban J connectivity index is 0.748. The predicted octanol–water partition coefficient (Wildman–Crippen LogP) is 31.7. The minimum absolute atomic E-state index is 0.0271. The van der Waals surface area contributed by atoms with Crippen LogP contribution >= 0.6 is 0 Å². The van der Waals surface area contributed by atoms with Gasteiger partial charge in [0.25, 0.3) is 0 Å². The van der Waals surface area contributed by atoms with E-state index in [4.69, 9.17) is 9.97 Å². The van der Waals surface area contributed by atoms with Crippen molar-refractivity contribution in [2.24, 2.45) is 0 Å². The van der Waals surface area contributed by atoms with Crippen LogP contribution in [0.25, 0.3) is 187 Å². The van der Waals surface area contributed by atoms with Gasteiger partial charge in [0.15, 0.2) is 0 Å². The Labute approximate surface area is 728 Å². The quantitative estimate of drug-likeness (QED) is 0.156. The minimum atomic E-state index is -0.0271. The summed E-state index contributed by atoms with van der Waals surface area (Å²) in [6.07, 6.45) is 4.15. The van der Waals surface area contributed by atoms with Gasteiger partial charge in [0.1, 0.15) is 0 Å². The molecule has 8 heteroatoms. The zero-order valence-corrected chi connectivity index (χ0v) is 76.8. The van der Waals surface area contributed by atoms with E-state index < -0.39 is 0 Å². The molecule has 618 valence electrons. The highest BCUT2D eigenvalue weighted by Gasteiger charge is 2.30. The first-order chi connectivity index (χ1) is 58.5. The van der Waals surface area contributed by atoms with E-state index in [9.17, 15) is 0 Å². The number of nitrogens with zero attached hydrogens (tertiary/aromatic N) is 8. The van der Waals surface area contributed by atoms with Gasteiger partial charge in [-0.3, -0.25) is 9.97 Å². The average molecular weight is 1620 g/mol. The molecule has 0 saturated carbocycles. The SMILES string of the molecule is CC(C)(C)c1ccc2c(c1)c1cc(C(C)(C)C)ccc1n2-c1ccc2c(c1)c1cc(-n3c4ccc(C(C)(C)C)cc4c4cc(C(C)(C)C)ccc43)ccc1n2-c1cnc2c(ccc3cc(-n4c5ccc(-n6c7ccc(C(C)(C)C)cc7c7cc(C(C)(C)C)ccc76)cc5c5cc(-n6c7ccc(C(C)(C)C)cc7c7cc(C(C)(C)C)ccc76)ccc54)cnc32)c1. The second kappa shape index (κ2) is 26.5. The molecule has 13 aromatic carbocycles. The van der Waals surface area contributed by atoms with Gasteiger partial charge in [0.05, 0.1) is 101 Å². The van der Waals surface area contributed by atoms with Gasteiger partial charge >= 0.3 is 0 Å². The number of hydrogen-bond acceptors (Lipinski definition) is 2. The Morgan fingerprint density at radius 2 is 0.298 bits per heavy atom. The van der Waals surface area contributed by atoms with Crippen molar-refractivity contribution < 1.29 is 0 Å². The fraction of sp³-hybridized carbons (Fsp3) is 0.276. The molecule has 0 bridgehead atoms. The number of rotatable bonds is 6. The summed E-state index contributed by atoms with van der Waals surface area (Å²) in [4.78, 5) is 11.1. The van der Waals surface area contributed by atoms with E-state index in [1.807, 2.05) is 0 Å². The summed E-state index contributed by atoms with van der Waals surface area (Å²) in [7, 11) is 0. The normalized spacial score (nSPS) is 13.5. The fourth-order valence-electron chi connectivity index (χ4n) is 20.1. The van der Waals surface area contributed by atoms with E-state index in [1.165, 1.54) is 132 Å². The van der Waals surface area contributed by atoms with Crippen molar-refractivity contribution in [1.82, 2.24) is 37.4 Å². The second-order valence-corrected chi connectivity index (χ2v) is 44.3. The zero-order valence-electron chi connectivity index (χ0n) is 76.8. The van der Waals surface area contributed by atoms with Gasteiger partial charge in [0, 0.05) is 98.2 Å². The Morgan fingerprint density at radius 3 is 0.460 bits per heavy atom. The van der Waals surface area contributed by atoms with Crippen LogP contribution in [-0.2, 0) is 43.3 Å². The van der Waals surface area contributed by atoms with Crippen LogP contribution in [0.1, 0.15) is 211 Å². The van der Waals surface area contributed by atoms with Crippen LogP contribution < -0.4 is 0 Å². The number of aromatic nitrogens is 8. The molecular formula is C116H114N8. The van der Waals surface area contributed by atoms with E-state index in [2.05, 4.69) is 449 Å². The molecule has 0 radical (unpaired) electrons. The van der Waals surface area contributed by atoms with Gasteiger partial charge in [0.2, 0.25) is 0 Å². The molecule has 0 fully saturated rings. The molecule has 8 heterocycles. The van der Waals surface area contributed by atoms with Crippen molar-refractivity contribution in [3.63, 3.8) is 0 Å². The molecule has 21 rings (SSSR count). The van der Waals surface area contributed by atoms with Gasteiger partial charge in [-0.05, 0) is 270 Å². The molecular weight excluding hydrogens is 1510 g/mol. The highest BCUT2D eigenvalue weighted by atomic mass is 15.0. The van der Waals surface area contributed by atoms with Crippen LogP contribution in [0.15, 0.2) is 255 Å². The second-order valence-electron chi connectivity index (χ2n) is 44.3. The molecule has 0 unspecified atom stereocenters. The number of pyridine rings is 2. The first kappa shape index (κ1) is 78.7.